The number of ketones is 1. The van der Waals surface area contributed by atoms with Crippen LogP contribution in [-0.4, -0.2) is 26.8 Å². The van der Waals surface area contributed by atoms with Gasteiger partial charge in [-0.1, -0.05) is 34.5 Å². The summed E-state index contributed by atoms with van der Waals surface area (Å²) in [6, 6.07) is 14.1. The third-order valence-corrected chi connectivity index (χ3v) is 6.63. The van der Waals surface area contributed by atoms with Gasteiger partial charge in [0.25, 0.3) is 5.78 Å². The van der Waals surface area contributed by atoms with E-state index in [1.807, 2.05) is 0 Å². The molecule has 32 heavy (non-hydrogen) atoms. The van der Waals surface area contributed by atoms with Crippen LogP contribution in [-0.2, 0) is 9.59 Å². The van der Waals surface area contributed by atoms with Gasteiger partial charge in [0.2, 0.25) is 0 Å². The van der Waals surface area contributed by atoms with Crippen LogP contribution in [0.5, 0.6) is 0 Å². The van der Waals surface area contributed by atoms with E-state index in [9.17, 15) is 14.7 Å². The van der Waals surface area contributed by atoms with Gasteiger partial charge in [-0.15, -0.1) is 0 Å². The molecule has 6 nitrogen and oxygen atoms in total. The SMILES string of the molecule is O=C1C(=O)N(c2nc3ccc(Cl)cc3s2)C(c2ccncc2)C1=C(O)c1ccc(Cl)cc1. The summed E-state index contributed by atoms with van der Waals surface area (Å²) < 4.78 is 0.778. The lowest BCUT2D eigenvalue weighted by Gasteiger charge is -2.22. The summed E-state index contributed by atoms with van der Waals surface area (Å²) >= 11 is 13.3. The standard InChI is InChI=1S/C23H13Cl2N3O3S/c24-14-3-1-13(2-4-14)20(29)18-19(12-7-9-26-10-8-12)28(22(31)21(18)30)23-27-16-6-5-15(25)11-17(16)32-23/h1-11,19,29H. The second kappa shape index (κ2) is 8.02. The normalized spacial score (nSPS) is 17.9. The highest BCUT2D eigenvalue weighted by molar-refractivity contribution is 7.22. The van der Waals surface area contributed by atoms with E-state index in [1.165, 1.54) is 16.2 Å². The number of carbonyl (C=O) groups excluding carboxylic acids is 2. The van der Waals surface area contributed by atoms with Gasteiger partial charge in [0, 0.05) is 28.0 Å². The summed E-state index contributed by atoms with van der Waals surface area (Å²) in [5, 5.41) is 12.4. The number of hydrogen-bond donors (Lipinski definition) is 1. The predicted octanol–water partition coefficient (Wildman–Crippen LogP) is 5.62. The second-order valence-electron chi connectivity index (χ2n) is 7.07. The molecule has 4 aromatic rings. The summed E-state index contributed by atoms with van der Waals surface area (Å²) in [6.07, 6.45) is 3.13. The molecule has 1 saturated heterocycles. The Hall–Kier alpha value is -3.26. The first-order valence-electron chi connectivity index (χ1n) is 9.47. The zero-order valence-electron chi connectivity index (χ0n) is 16.2. The van der Waals surface area contributed by atoms with Crippen LogP contribution >= 0.6 is 34.5 Å². The fourth-order valence-corrected chi connectivity index (χ4v) is 5.04. The number of benzene rings is 2. The van der Waals surface area contributed by atoms with Crippen molar-refractivity contribution in [3.63, 3.8) is 0 Å². The average Bonchev–Trinajstić information content (AvgIpc) is 3.32. The number of carbonyl (C=O) groups is 2. The molecule has 0 aliphatic carbocycles. The minimum atomic E-state index is -0.871. The zero-order valence-corrected chi connectivity index (χ0v) is 18.5. The predicted molar refractivity (Wildman–Crippen MR) is 125 cm³/mol. The molecule has 0 spiro atoms. The minimum Gasteiger partial charge on any atom is -0.507 e. The molecule has 1 unspecified atom stereocenters. The Morgan fingerprint density at radius 2 is 1.66 bits per heavy atom. The topological polar surface area (TPSA) is 83.4 Å². The van der Waals surface area contributed by atoms with Crippen molar-refractivity contribution in [2.24, 2.45) is 0 Å². The van der Waals surface area contributed by atoms with Gasteiger partial charge < -0.3 is 5.11 Å². The largest absolute Gasteiger partial charge is 0.507 e. The van der Waals surface area contributed by atoms with Gasteiger partial charge in [-0.05, 0) is 60.2 Å². The Morgan fingerprint density at radius 1 is 0.969 bits per heavy atom. The summed E-state index contributed by atoms with van der Waals surface area (Å²) in [4.78, 5) is 36.2. The van der Waals surface area contributed by atoms with E-state index in [2.05, 4.69) is 9.97 Å². The van der Waals surface area contributed by atoms with Crippen LogP contribution < -0.4 is 4.90 Å². The fraction of sp³-hybridized carbons (Fsp3) is 0.0435. The number of fused-ring (bicyclic) bond motifs is 1. The van der Waals surface area contributed by atoms with Crippen molar-refractivity contribution in [1.82, 2.24) is 9.97 Å². The van der Waals surface area contributed by atoms with E-state index < -0.39 is 17.7 Å². The molecule has 0 bridgehead atoms. The molecule has 2 aromatic carbocycles. The Balaban J connectivity index is 1.72. The van der Waals surface area contributed by atoms with Gasteiger partial charge in [0.15, 0.2) is 5.13 Å². The van der Waals surface area contributed by atoms with Crippen molar-refractivity contribution >= 4 is 67.3 Å². The number of hydrogen-bond acceptors (Lipinski definition) is 6. The zero-order chi connectivity index (χ0) is 22.4. The van der Waals surface area contributed by atoms with Gasteiger partial charge in [0.1, 0.15) is 5.76 Å². The molecule has 0 saturated carbocycles. The summed E-state index contributed by atoms with van der Waals surface area (Å²) in [5.74, 6) is -1.85. The lowest BCUT2D eigenvalue weighted by atomic mass is 9.96. The highest BCUT2D eigenvalue weighted by atomic mass is 35.5. The highest BCUT2D eigenvalue weighted by Gasteiger charge is 2.48. The number of thiazole rings is 1. The van der Waals surface area contributed by atoms with Crippen LogP contribution in [0, 0.1) is 0 Å². The lowest BCUT2D eigenvalue weighted by Crippen LogP contribution is -2.29. The maximum atomic E-state index is 13.2. The molecule has 1 amide bonds. The number of halogens is 2. The Bertz CT molecular complexity index is 1400. The van der Waals surface area contributed by atoms with E-state index >= 15 is 0 Å². The minimum absolute atomic E-state index is 0.0270. The van der Waals surface area contributed by atoms with Crippen LogP contribution in [0.3, 0.4) is 0 Å². The molecule has 3 heterocycles. The smallest absolute Gasteiger partial charge is 0.301 e. The molecule has 1 atom stereocenters. The molecule has 158 valence electrons. The monoisotopic (exact) mass is 481 g/mol. The molecule has 2 aromatic heterocycles. The molecule has 1 N–H and O–H groups in total. The van der Waals surface area contributed by atoms with Gasteiger partial charge in [-0.3, -0.25) is 19.5 Å². The molecule has 9 heteroatoms. The van der Waals surface area contributed by atoms with Crippen molar-refractivity contribution < 1.29 is 14.7 Å². The van der Waals surface area contributed by atoms with Crippen LogP contribution in [0.1, 0.15) is 17.2 Å². The number of amides is 1. The number of aliphatic hydroxyl groups excluding tert-OH is 1. The van der Waals surface area contributed by atoms with Crippen molar-refractivity contribution in [3.8, 4) is 0 Å². The second-order valence-corrected chi connectivity index (χ2v) is 8.95. The van der Waals surface area contributed by atoms with E-state index in [0.29, 0.717) is 31.8 Å². The summed E-state index contributed by atoms with van der Waals surface area (Å²) in [7, 11) is 0. The quantitative estimate of drug-likeness (QED) is 0.233. The van der Waals surface area contributed by atoms with Crippen molar-refractivity contribution in [1.29, 1.82) is 0 Å². The van der Waals surface area contributed by atoms with Gasteiger partial charge in [0.05, 0.1) is 21.8 Å². The first-order chi connectivity index (χ1) is 15.4. The number of Topliss-reactive ketones (excluding diaryl/α,β-unsaturated/α-hetero) is 1. The summed E-state index contributed by atoms with van der Waals surface area (Å²) in [5.41, 5.74) is 1.62. The molecular weight excluding hydrogens is 469 g/mol. The van der Waals surface area contributed by atoms with Gasteiger partial charge >= 0.3 is 5.91 Å². The number of anilines is 1. The van der Waals surface area contributed by atoms with Gasteiger partial charge in [-0.25, -0.2) is 4.98 Å². The molecular formula is C23H13Cl2N3O3S. The third kappa shape index (κ3) is 3.44. The van der Waals surface area contributed by atoms with Crippen LogP contribution in [0.15, 0.2) is 72.6 Å². The van der Waals surface area contributed by atoms with Gasteiger partial charge in [-0.2, -0.15) is 0 Å². The van der Waals surface area contributed by atoms with Crippen molar-refractivity contribution in [2.45, 2.75) is 6.04 Å². The number of rotatable bonds is 3. The molecule has 0 radical (unpaired) electrons. The fourth-order valence-electron chi connectivity index (χ4n) is 3.64. The van der Waals surface area contributed by atoms with Crippen LogP contribution in [0.25, 0.3) is 16.0 Å². The number of pyridine rings is 1. The molecule has 1 aliphatic heterocycles. The highest BCUT2D eigenvalue weighted by Crippen LogP contribution is 2.44. The average molecular weight is 482 g/mol. The number of nitrogens with zero attached hydrogens (tertiary/aromatic N) is 3. The Labute approximate surface area is 196 Å². The molecule has 1 aliphatic rings. The molecule has 1 fully saturated rings. The van der Waals surface area contributed by atoms with Crippen LogP contribution in [0.2, 0.25) is 10.0 Å². The van der Waals surface area contributed by atoms with Crippen LogP contribution in [0.4, 0.5) is 5.13 Å². The maximum absolute atomic E-state index is 13.2. The first-order valence-corrected chi connectivity index (χ1v) is 11.0. The first kappa shape index (κ1) is 20.6. The van der Waals surface area contributed by atoms with Crippen molar-refractivity contribution in [2.75, 3.05) is 4.90 Å². The Morgan fingerprint density at radius 3 is 2.38 bits per heavy atom. The lowest BCUT2D eigenvalue weighted by molar-refractivity contribution is -0.132. The van der Waals surface area contributed by atoms with E-state index in [1.54, 1.807) is 67.0 Å². The Kier molecular flexibility index (Phi) is 5.17. The maximum Gasteiger partial charge on any atom is 0.301 e. The van der Waals surface area contributed by atoms with Crippen molar-refractivity contribution in [3.05, 3.63) is 93.7 Å². The van der Waals surface area contributed by atoms with E-state index in [0.717, 1.165) is 4.70 Å². The molecule has 5 rings (SSSR count). The van der Waals surface area contributed by atoms with E-state index in [4.69, 9.17) is 23.2 Å². The van der Waals surface area contributed by atoms with E-state index in [-0.39, 0.29) is 11.3 Å². The number of aliphatic hydroxyl groups is 1. The third-order valence-electron chi connectivity index (χ3n) is 5.13. The number of aromatic nitrogens is 2. The summed E-state index contributed by atoms with van der Waals surface area (Å²) in [6.45, 7) is 0.